The maximum absolute atomic E-state index is 5.46. The third-order valence-corrected chi connectivity index (χ3v) is 3.10. The number of ether oxygens (including phenoxy) is 1. The van der Waals surface area contributed by atoms with Crippen molar-refractivity contribution in [1.29, 1.82) is 0 Å². The molecule has 0 bridgehead atoms. The summed E-state index contributed by atoms with van der Waals surface area (Å²) in [7, 11) is 2.16. The van der Waals surface area contributed by atoms with Gasteiger partial charge in [-0.15, -0.1) is 0 Å². The van der Waals surface area contributed by atoms with Crippen LogP contribution in [0, 0.1) is 6.92 Å². The van der Waals surface area contributed by atoms with Crippen LogP contribution in [0.1, 0.15) is 11.1 Å². The molecule has 0 aromatic heterocycles. The molecule has 3 nitrogen and oxygen atoms in total. The van der Waals surface area contributed by atoms with Crippen molar-refractivity contribution in [1.82, 2.24) is 10.2 Å². The van der Waals surface area contributed by atoms with Gasteiger partial charge in [-0.25, -0.2) is 0 Å². The van der Waals surface area contributed by atoms with Gasteiger partial charge < -0.3 is 15.0 Å². The highest BCUT2D eigenvalue weighted by Crippen LogP contribution is 2.06. The Labute approximate surface area is 104 Å². The van der Waals surface area contributed by atoms with Gasteiger partial charge in [-0.2, -0.15) is 0 Å². The Morgan fingerprint density at radius 3 is 2.76 bits per heavy atom. The fraction of sp³-hybridized carbons (Fsp3) is 0.571. The normalized spacial score (nSPS) is 20.8. The predicted octanol–water partition coefficient (Wildman–Crippen LogP) is 1.42. The standard InChI is InChI=1S/C14H22N2O/c1-12-3-5-13(6-4-12)9-16(2)10-14-11-17-8-7-15-14/h3-6,14-15H,7-11H2,1-2H3. The first-order valence-electron chi connectivity index (χ1n) is 6.29. The van der Waals surface area contributed by atoms with Gasteiger partial charge in [0.15, 0.2) is 0 Å². The van der Waals surface area contributed by atoms with Crippen molar-refractivity contribution >= 4 is 0 Å². The Balaban J connectivity index is 1.79. The van der Waals surface area contributed by atoms with Crippen LogP contribution in [-0.4, -0.2) is 44.3 Å². The third kappa shape index (κ3) is 4.11. The molecule has 0 spiro atoms. The first kappa shape index (κ1) is 12.6. The minimum absolute atomic E-state index is 0.471. The van der Waals surface area contributed by atoms with Gasteiger partial charge in [-0.1, -0.05) is 29.8 Å². The van der Waals surface area contributed by atoms with Crippen molar-refractivity contribution in [2.24, 2.45) is 0 Å². The number of likely N-dealkylation sites (N-methyl/N-ethyl adjacent to an activating group) is 1. The number of nitrogens with zero attached hydrogens (tertiary/aromatic N) is 1. The molecular formula is C14H22N2O. The van der Waals surface area contributed by atoms with Crippen molar-refractivity contribution in [2.75, 3.05) is 33.4 Å². The van der Waals surface area contributed by atoms with E-state index in [-0.39, 0.29) is 0 Å². The second kappa shape index (κ2) is 6.15. The molecule has 1 saturated heterocycles. The number of aryl methyl sites for hydroxylation is 1. The molecule has 17 heavy (non-hydrogen) atoms. The van der Waals surface area contributed by atoms with Gasteiger partial charge in [0.1, 0.15) is 0 Å². The van der Waals surface area contributed by atoms with Crippen molar-refractivity contribution in [2.45, 2.75) is 19.5 Å². The van der Waals surface area contributed by atoms with Crippen LogP contribution in [0.3, 0.4) is 0 Å². The first-order valence-corrected chi connectivity index (χ1v) is 6.29. The van der Waals surface area contributed by atoms with Crippen LogP contribution >= 0.6 is 0 Å². The minimum Gasteiger partial charge on any atom is -0.378 e. The lowest BCUT2D eigenvalue weighted by Crippen LogP contribution is -2.47. The molecule has 1 fully saturated rings. The van der Waals surface area contributed by atoms with Crippen LogP contribution in [0.15, 0.2) is 24.3 Å². The average Bonchev–Trinajstić information content (AvgIpc) is 2.33. The Bertz CT molecular complexity index is 331. The van der Waals surface area contributed by atoms with Crippen LogP contribution in [-0.2, 0) is 11.3 Å². The van der Waals surface area contributed by atoms with E-state index < -0.39 is 0 Å². The molecule has 1 heterocycles. The van der Waals surface area contributed by atoms with E-state index in [9.17, 15) is 0 Å². The summed E-state index contributed by atoms with van der Waals surface area (Å²) < 4.78 is 5.46. The lowest BCUT2D eigenvalue weighted by atomic mass is 10.1. The Morgan fingerprint density at radius 2 is 2.12 bits per heavy atom. The fourth-order valence-electron chi connectivity index (χ4n) is 2.18. The number of hydrogen-bond donors (Lipinski definition) is 1. The molecule has 94 valence electrons. The van der Waals surface area contributed by atoms with Crippen LogP contribution in [0.4, 0.5) is 0 Å². The Kier molecular flexibility index (Phi) is 4.54. The zero-order valence-electron chi connectivity index (χ0n) is 10.8. The quantitative estimate of drug-likeness (QED) is 0.852. The maximum atomic E-state index is 5.46. The zero-order valence-corrected chi connectivity index (χ0v) is 10.8. The number of hydrogen-bond acceptors (Lipinski definition) is 3. The van der Waals surface area contributed by atoms with Crippen LogP contribution in [0.25, 0.3) is 0 Å². The average molecular weight is 234 g/mol. The van der Waals surface area contributed by atoms with E-state index in [0.29, 0.717) is 6.04 Å². The van der Waals surface area contributed by atoms with Gasteiger partial charge in [0, 0.05) is 25.7 Å². The summed E-state index contributed by atoms with van der Waals surface area (Å²) in [6, 6.07) is 9.23. The van der Waals surface area contributed by atoms with Gasteiger partial charge >= 0.3 is 0 Å². The Morgan fingerprint density at radius 1 is 1.35 bits per heavy atom. The van der Waals surface area contributed by atoms with E-state index in [4.69, 9.17) is 4.74 Å². The molecular weight excluding hydrogens is 212 g/mol. The van der Waals surface area contributed by atoms with Gasteiger partial charge in [0.25, 0.3) is 0 Å². The molecule has 0 saturated carbocycles. The SMILES string of the molecule is Cc1ccc(CN(C)CC2COCCN2)cc1. The summed E-state index contributed by atoms with van der Waals surface area (Å²) in [6.07, 6.45) is 0. The van der Waals surface area contributed by atoms with Gasteiger partial charge in [0.2, 0.25) is 0 Å². The van der Waals surface area contributed by atoms with E-state index in [0.717, 1.165) is 32.8 Å². The highest BCUT2D eigenvalue weighted by Gasteiger charge is 2.14. The molecule has 1 N–H and O–H groups in total. The summed E-state index contributed by atoms with van der Waals surface area (Å²) >= 11 is 0. The lowest BCUT2D eigenvalue weighted by molar-refractivity contribution is 0.0645. The van der Waals surface area contributed by atoms with Crippen LogP contribution in [0.5, 0.6) is 0 Å². The van der Waals surface area contributed by atoms with Gasteiger partial charge in [-0.3, -0.25) is 0 Å². The summed E-state index contributed by atoms with van der Waals surface area (Å²) in [4.78, 5) is 2.34. The van der Waals surface area contributed by atoms with Crippen molar-refractivity contribution in [3.63, 3.8) is 0 Å². The first-order chi connectivity index (χ1) is 8.24. The summed E-state index contributed by atoms with van der Waals surface area (Å²) in [5.74, 6) is 0. The molecule has 3 heteroatoms. The second-order valence-electron chi connectivity index (χ2n) is 4.91. The molecule has 1 aromatic rings. The second-order valence-corrected chi connectivity index (χ2v) is 4.91. The molecule has 0 radical (unpaired) electrons. The molecule has 2 rings (SSSR count). The molecule has 1 aromatic carbocycles. The molecule has 1 unspecified atom stereocenters. The van der Waals surface area contributed by atoms with Crippen molar-refractivity contribution in [3.8, 4) is 0 Å². The van der Waals surface area contributed by atoms with E-state index in [1.54, 1.807) is 0 Å². The topological polar surface area (TPSA) is 24.5 Å². The molecule has 0 aliphatic carbocycles. The van der Waals surface area contributed by atoms with Gasteiger partial charge in [0.05, 0.1) is 13.2 Å². The minimum atomic E-state index is 0.471. The Hall–Kier alpha value is -0.900. The smallest absolute Gasteiger partial charge is 0.0632 e. The van der Waals surface area contributed by atoms with Gasteiger partial charge in [-0.05, 0) is 19.5 Å². The number of nitrogens with one attached hydrogen (secondary N) is 1. The van der Waals surface area contributed by atoms with E-state index in [1.165, 1.54) is 11.1 Å². The third-order valence-electron chi connectivity index (χ3n) is 3.10. The van der Waals surface area contributed by atoms with Crippen LogP contribution in [0.2, 0.25) is 0 Å². The summed E-state index contributed by atoms with van der Waals surface area (Å²) in [5, 5.41) is 3.48. The number of morpholine rings is 1. The number of benzene rings is 1. The summed E-state index contributed by atoms with van der Waals surface area (Å²) in [5.41, 5.74) is 2.69. The highest BCUT2D eigenvalue weighted by atomic mass is 16.5. The maximum Gasteiger partial charge on any atom is 0.0632 e. The predicted molar refractivity (Wildman–Crippen MR) is 70.1 cm³/mol. The molecule has 1 aliphatic rings. The molecule has 1 atom stereocenters. The molecule has 0 amide bonds. The van der Waals surface area contributed by atoms with Crippen LogP contribution < -0.4 is 5.32 Å². The van der Waals surface area contributed by atoms with E-state index in [2.05, 4.69) is 48.5 Å². The van der Waals surface area contributed by atoms with E-state index >= 15 is 0 Å². The molecule has 1 aliphatic heterocycles. The van der Waals surface area contributed by atoms with Crippen molar-refractivity contribution < 1.29 is 4.74 Å². The zero-order chi connectivity index (χ0) is 12.1. The fourth-order valence-corrected chi connectivity index (χ4v) is 2.18. The van der Waals surface area contributed by atoms with Crippen molar-refractivity contribution in [3.05, 3.63) is 35.4 Å². The van der Waals surface area contributed by atoms with E-state index in [1.807, 2.05) is 0 Å². The monoisotopic (exact) mass is 234 g/mol. The largest absolute Gasteiger partial charge is 0.378 e. The summed E-state index contributed by atoms with van der Waals surface area (Å²) in [6.45, 7) is 6.81. The lowest BCUT2D eigenvalue weighted by Gasteiger charge is -2.28. The highest BCUT2D eigenvalue weighted by molar-refractivity contribution is 5.21. The number of rotatable bonds is 4.